The van der Waals surface area contributed by atoms with Crippen LogP contribution in [0.4, 0.5) is 0 Å². The molecule has 0 aromatic heterocycles. The molecule has 4 aromatic carbocycles. The molecule has 0 saturated carbocycles. The Bertz CT molecular complexity index is 1350. The number of rotatable bonds is 14. The molecule has 0 bridgehead atoms. The summed E-state index contributed by atoms with van der Waals surface area (Å²) in [7, 11) is 0. The van der Waals surface area contributed by atoms with Gasteiger partial charge in [-0.3, -0.25) is 0 Å². The van der Waals surface area contributed by atoms with Gasteiger partial charge in [0.15, 0.2) is 5.60 Å². The average molecular weight is 569 g/mol. The summed E-state index contributed by atoms with van der Waals surface area (Å²) in [4.78, 5) is 12.9. The molecule has 4 atom stereocenters. The van der Waals surface area contributed by atoms with Gasteiger partial charge in [-0.1, -0.05) is 109 Å². The van der Waals surface area contributed by atoms with Gasteiger partial charge in [-0.25, -0.2) is 4.79 Å². The van der Waals surface area contributed by atoms with Gasteiger partial charge in [0.05, 0.1) is 38.6 Å². The SMILES string of the molecule is O=C(OC[C@@]1(CO)O[C@H](COCc2ccccc2)[C@@H](OCc2ccccc2)[C@@H]1OCc1ccccc1)c1ccccc1. The van der Waals surface area contributed by atoms with Crippen LogP contribution in [0.1, 0.15) is 27.0 Å². The number of carbonyl (C=O) groups excluding carboxylic acids is 1. The van der Waals surface area contributed by atoms with E-state index in [2.05, 4.69) is 0 Å². The minimum absolute atomic E-state index is 0.188. The van der Waals surface area contributed by atoms with Crippen LogP contribution < -0.4 is 0 Å². The Labute approximate surface area is 246 Å². The minimum atomic E-state index is -1.37. The summed E-state index contributed by atoms with van der Waals surface area (Å²) in [6, 6.07) is 38.2. The van der Waals surface area contributed by atoms with Crippen molar-refractivity contribution in [2.75, 3.05) is 19.8 Å². The first kappa shape index (κ1) is 29.6. The molecule has 218 valence electrons. The van der Waals surface area contributed by atoms with Crippen molar-refractivity contribution in [2.24, 2.45) is 0 Å². The topological polar surface area (TPSA) is 83.5 Å². The lowest BCUT2D eigenvalue weighted by Crippen LogP contribution is -2.52. The van der Waals surface area contributed by atoms with E-state index in [1.54, 1.807) is 24.3 Å². The highest BCUT2D eigenvalue weighted by molar-refractivity contribution is 5.89. The zero-order valence-corrected chi connectivity index (χ0v) is 23.4. The van der Waals surface area contributed by atoms with E-state index in [0.717, 1.165) is 16.7 Å². The third kappa shape index (κ3) is 7.70. The summed E-state index contributed by atoms with van der Waals surface area (Å²) in [6.07, 6.45) is -1.98. The molecule has 0 amide bonds. The molecule has 1 fully saturated rings. The van der Waals surface area contributed by atoms with Crippen LogP contribution in [0.25, 0.3) is 0 Å². The summed E-state index contributed by atoms with van der Waals surface area (Å²) in [5, 5.41) is 10.8. The molecule has 1 N–H and O–H groups in total. The van der Waals surface area contributed by atoms with Gasteiger partial charge in [0, 0.05) is 0 Å². The summed E-state index contributed by atoms with van der Waals surface area (Å²) in [5.41, 5.74) is 2.00. The number of ether oxygens (including phenoxy) is 5. The highest BCUT2D eigenvalue weighted by Gasteiger charge is 2.57. The molecule has 5 rings (SSSR count). The average Bonchev–Trinajstić information content (AvgIpc) is 3.35. The fourth-order valence-electron chi connectivity index (χ4n) is 5.03. The molecule has 0 spiro atoms. The Morgan fingerprint density at radius 3 is 1.74 bits per heavy atom. The third-order valence-corrected chi connectivity index (χ3v) is 7.25. The lowest BCUT2D eigenvalue weighted by Gasteiger charge is -2.33. The lowest BCUT2D eigenvalue weighted by molar-refractivity contribution is -0.161. The molecule has 42 heavy (non-hydrogen) atoms. The van der Waals surface area contributed by atoms with Crippen molar-refractivity contribution in [2.45, 2.75) is 43.7 Å². The van der Waals surface area contributed by atoms with E-state index in [1.165, 1.54) is 0 Å². The van der Waals surface area contributed by atoms with Crippen LogP contribution in [-0.4, -0.2) is 54.8 Å². The molecule has 4 aromatic rings. The zero-order valence-electron chi connectivity index (χ0n) is 23.4. The van der Waals surface area contributed by atoms with Crippen LogP contribution in [0.5, 0.6) is 0 Å². The third-order valence-electron chi connectivity index (χ3n) is 7.25. The molecule has 0 radical (unpaired) electrons. The minimum Gasteiger partial charge on any atom is -0.459 e. The second kappa shape index (κ2) is 14.9. The van der Waals surface area contributed by atoms with Crippen molar-refractivity contribution >= 4 is 5.97 Å². The van der Waals surface area contributed by atoms with Gasteiger partial charge in [-0.15, -0.1) is 0 Å². The van der Waals surface area contributed by atoms with Gasteiger partial charge < -0.3 is 28.8 Å². The van der Waals surface area contributed by atoms with E-state index in [0.29, 0.717) is 18.8 Å². The summed E-state index contributed by atoms with van der Waals surface area (Å²) in [6.45, 7) is 0.462. The summed E-state index contributed by atoms with van der Waals surface area (Å²) in [5.74, 6) is -0.514. The van der Waals surface area contributed by atoms with Crippen molar-refractivity contribution < 1.29 is 33.6 Å². The molecule has 0 unspecified atom stereocenters. The van der Waals surface area contributed by atoms with Gasteiger partial charge in [-0.2, -0.15) is 0 Å². The Morgan fingerprint density at radius 2 is 1.19 bits per heavy atom. The number of aliphatic hydroxyl groups is 1. The Morgan fingerprint density at radius 1 is 0.690 bits per heavy atom. The first-order valence-electron chi connectivity index (χ1n) is 14.1. The van der Waals surface area contributed by atoms with E-state index in [9.17, 15) is 9.90 Å². The quantitative estimate of drug-likeness (QED) is 0.205. The van der Waals surface area contributed by atoms with Crippen LogP contribution in [0, 0.1) is 0 Å². The second-order valence-electron chi connectivity index (χ2n) is 10.3. The van der Waals surface area contributed by atoms with E-state index in [1.807, 2.05) is 97.1 Å². The molecule has 1 aliphatic rings. The first-order chi connectivity index (χ1) is 20.7. The molecule has 1 aliphatic heterocycles. The second-order valence-corrected chi connectivity index (χ2v) is 10.3. The molecule has 1 heterocycles. The van der Waals surface area contributed by atoms with Crippen LogP contribution in [-0.2, 0) is 43.5 Å². The fraction of sp³-hybridized carbons (Fsp3) is 0.286. The van der Waals surface area contributed by atoms with Crippen LogP contribution in [0.3, 0.4) is 0 Å². The molecule has 7 nitrogen and oxygen atoms in total. The maximum absolute atomic E-state index is 12.9. The maximum Gasteiger partial charge on any atom is 0.338 e. The van der Waals surface area contributed by atoms with Crippen molar-refractivity contribution in [1.29, 1.82) is 0 Å². The number of carbonyl (C=O) groups is 1. The van der Waals surface area contributed by atoms with Gasteiger partial charge in [0.25, 0.3) is 0 Å². The number of esters is 1. The highest BCUT2D eigenvalue weighted by Crippen LogP contribution is 2.37. The predicted octanol–water partition coefficient (Wildman–Crippen LogP) is 5.36. The smallest absolute Gasteiger partial charge is 0.338 e. The largest absolute Gasteiger partial charge is 0.459 e. The first-order valence-corrected chi connectivity index (χ1v) is 14.1. The molecular weight excluding hydrogens is 532 g/mol. The highest BCUT2D eigenvalue weighted by atomic mass is 16.6. The maximum atomic E-state index is 12.9. The van der Waals surface area contributed by atoms with Crippen LogP contribution >= 0.6 is 0 Å². The number of hydrogen-bond acceptors (Lipinski definition) is 7. The molecule has 0 aliphatic carbocycles. The Balaban J connectivity index is 1.39. The molecular formula is C35H36O7. The summed E-state index contributed by atoms with van der Waals surface area (Å²) < 4.78 is 31.3. The van der Waals surface area contributed by atoms with Crippen LogP contribution in [0.15, 0.2) is 121 Å². The fourth-order valence-corrected chi connectivity index (χ4v) is 5.03. The van der Waals surface area contributed by atoms with Gasteiger partial charge in [-0.05, 0) is 28.8 Å². The summed E-state index contributed by atoms with van der Waals surface area (Å²) >= 11 is 0. The van der Waals surface area contributed by atoms with Gasteiger partial charge in [0.2, 0.25) is 0 Å². The molecule has 7 heteroatoms. The number of aliphatic hydroxyl groups excluding tert-OH is 1. The monoisotopic (exact) mass is 568 g/mol. The standard InChI is InChI=1S/C35H36O7/c36-25-35(26-41-34(37)30-19-11-4-12-20-30)33(40-23-29-17-9-3-10-18-29)32(39-22-28-15-7-2-8-16-28)31(42-35)24-38-21-27-13-5-1-6-14-27/h1-20,31-33,36H,21-26H2/t31-,32-,33+,35-/m1/s1. The normalized spacial score (nSPS) is 21.7. The van der Waals surface area contributed by atoms with E-state index in [4.69, 9.17) is 23.7 Å². The van der Waals surface area contributed by atoms with Crippen molar-refractivity contribution in [1.82, 2.24) is 0 Å². The van der Waals surface area contributed by atoms with Gasteiger partial charge >= 0.3 is 5.97 Å². The van der Waals surface area contributed by atoms with E-state index >= 15 is 0 Å². The number of hydrogen-bond donors (Lipinski definition) is 1. The molecule has 1 saturated heterocycles. The van der Waals surface area contributed by atoms with E-state index < -0.39 is 36.5 Å². The Kier molecular flexibility index (Phi) is 10.5. The number of benzene rings is 4. The zero-order chi connectivity index (χ0) is 29.0. The van der Waals surface area contributed by atoms with Crippen molar-refractivity contribution in [3.8, 4) is 0 Å². The van der Waals surface area contributed by atoms with Gasteiger partial charge in [0.1, 0.15) is 24.9 Å². The lowest BCUT2D eigenvalue weighted by atomic mass is 9.95. The van der Waals surface area contributed by atoms with Crippen molar-refractivity contribution in [3.63, 3.8) is 0 Å². The van der Waals surface area contributed by atoms with Crippen molar-refractivity contribution in [3.05, 3.63) is 144 Å². The van der Waals surface area contributed by atoms with Crippen LogP contribution in [0.2, 0.25) is 0 Å². The Hall–Kier alpha value is -3.85. The predicted molar refractivity (Wildman–Crippen MR) is 158 cm³/mol. The van der Waals surface area contributed by atoms with E-state index in [-0.39, 0.29) is 19.8 Å².